The second-order valence-electron chi connectivity index (χ2n) is 6.62. The number of rotatable bonds is 2. The van der Waals surface area contributed by atoms with Gasteiger partial charge in [0.15, 0.2) is 0 Å². The van der Waals surface area contributed by atoms with Crippen molar-refractivity contribution in [2.24, 2.45) is 0 Å². The Bertz CT molecular complexity index is 1030. The van der Waals surface area contributed by atoms with Crippen molar-refractivity contribution in [2.45, 2.75) is 33.4 Å². The number of hydrogen-bond donors (Lipinski definition) is 1. The third kappa shape index (κ3) is 2.48. The van der Waals surface area contributed by atoms with Gasteiger partial charge in [-0.1, -0.05) is 41.4 Å². The van der Waals surface area contributed by atoms with Gasteiger partial charge in [-0.05, 0) is 49.1 Å². The summed E-state index contributed by atoms with van der Waals surface area (Å²) in [6.07, 6.45) is 0.870. The third-order valence-electron chi connectivity index (χ3n) is 4.89. The molecule has 0 saturated carbocycles. The number of fused-ring (bicyclic) bond motifs is 1. The molecule has 1 N–H and O–H groups in total. The molecular weight excluding hydrogens is 336 g/mol. The van der Waals surface area contributed by atoms with Crippen LogP contribution >= 0.6 is 11.6 Å². The summed E-state index contributed by atoms with van der Waals surface area (Å²) in [5.74, 6) is 0.0322. The molecule has 0 saturated heterocycles. The Kier molecular flexibility index (Phi) is 3.73. The minimum Gasteiger partial charge on any atom is -0.493 e. The van der Waals surface area contributed by atoms with Gasteiger partial charge in [-0.25, -0.2) is 4.68 Å². The van der Waals surface area contributed by atoms with Crippen LogP contribution < -0.4 is 5.56 Å². The molecule has 3 aromatic rings. The van der Waals surface area contributed by atoms with E-state index in [2.05, 4.69) is 0 Å². The topological polar surface area (TPSA) is 47.2 Å². The van der Waals surface area contributed by atoms with Gasteiger partial charge < -0.3 is 5.11 Å². The van der Waals surface area contributed by atoms with E-state index in [1.165, 1.54) is 5.56 Å². The standard InChI is InChI=1S/C20H19ClN2O2/c1-12-4-6-14(7-5-12)16-10-13(2)15(11-17(16)21)18-19(24)22-8-3-9-23(22)20(18)25/h4-7,10-11,24H,3,8-9H2,1-2H3. The van der Waals surface area contributed by atoms with Crippen molar-refractivity contribution in [3.63, 3.8) is 0 Å². The lowest BCUT2D eigenvalue weighted by molar-refractivity contribution is 0.399. The zero-order chi connectivity index (χ0) is 17.7. The molecule has 128 valence electrons. The van der Waals surface area contributed by atoms with Gasteiger partial charge in [0.25, 0.3) is 5.56 Å². The lowest BCUT2D eigenvalue weighted by atomic mass is 9.96. The number of benzene rings is 2. The molecule has 0 unspecified atom stereocenters. The molecule has 5 heteroatoms. The van der Waals surface area contributed by atoms with E-state index in [1.54, 1.807) is 15.4 Å². The minimum absolute atomic E-state index is 0.0322. The van der Waals surface area contributed by atoms with Crippen molar-refractivity contribution >= 4 is 11.6 Å². The fourth-order valence-corrected chi connectivity index (χ4v) is 3.81. The Morgan fingerprint density at radius 2 is 1.68 bits per heavy atom. The van der Waals surface area contributed by atoms with Crippen LogP contribution in [0.4, 0.5) is 0 Å². The summed E-state index contributed by atoms with van der Waals surface area (Å²) >= 11 is 6.53. The van der Waals surface area contributed by atoms with Crippen LogP contribution in [-0.2, 0) is 13.1 Å². The third-order valence-corrected chi connectivity index (χ3v) is 5.21. The highest BCUT2D eigenvalue weighted by Gasteiger charge is 2.25. The van der Waals surface area contributed by atoms with Gasteiger partial charge in [-0.15, -0.1) is 0 Å². The van der Waals surface area contributed by atoms with Crippen molar-refractivity contribution in [2.75, 3.05) is 0 Å². The van der Waals surface area contributed by atoms with Crippen LogP contribution in [0, 0.1) is 13.8 Å². The zero-order valence-electron chi connectivity index (χ0n) is 14.2. The molecule has 4 rings (SSSR count). The van der Waals surface area contributed by atoms with Gasteiger partial charge in [0.2, 0.25) is 5.88 Å². The van der Waals surface area contributed by atoms with Crippen molar-refractivity contribution in [3.05, 3.63) is 62.9 Å². The number of aromatic hydroxyl groups is 1. The molecule has 0 spiro atoms. The SMILES string of the molecule is Cc1ccc(-c2cc(C)c(-c3c(O)n4n(c3=O)CCC4)cc2Cl)cc1. The van der Waals surface area contributed by atoms with E-state index in [4.69, 9.17) is 11.6 Å². The van der Waals surface area contributed by atoms with E-state index in [0.717, 1.165) is 23.1 Å². The van der Waals surface area contributed by atoms with Gasteiger partial charge in [-0.2, -0.15) is 0 Å². The van der Waals surface area contributed by atoms with Gasteiger partial charge in [0.05, 0.1) is 0 Å². The fraction of sp³-hybridized carbons (Fsp3) is 0.250. The zero-order valence-corrected chi connectivity index (χ0v) is 15.0. The van der Waals surface area contributed by atoms with E-state index in [9.17, 15) is 9.90 Å². The summed E-state index contributed by atoms with van der Waals surface area (Å²) in [4.78, 5) is 12.7. The second kappa shape index (κ2) is 5.81. The number of hydrogen-bond acceptors (Lipinski definition) is 2. The monoisotopic (exact) mass is 354 g/mol. The van der Waals surface area contributed by atoms with Crippen LogP contribution in [0.3, 0.4) is 0 Å². The quantitative estimate of drug-likeness (QED) is 0.743. The summed E-state index contributed by atoms with van der Waals surface area (Å²) in [6.45, 7) is 5.29. The first-order valence-electron chi connectivity index (χ1n) is 8.37. The molecule has 1 aromatic heterocycles. The maximum absolute atomic E-state index is 12.7. The molecule has 4 nitrogen and oxygen atoms in total. The lowest BCUT2D eigenvalue weighted by Gasteiger charge is -2.11. The fourth-order valence-electron chi connectivity index (χ4n) is 3.54. The molecule has 25 heavy (non-hydrogen) atoms. The van der Waals surface area contributed by atoms with E-state index in [0.29, 0.717) is 29.2 Å². The largest absolute Gasteiger partial charge is 0.493 e. The van der Waals surface area contributed by atoms with E-state index < -0.39 is 0 Å². The van der Waals surface area contributed by atoms with Crippen LogP contribution in [0.5, 0.6) is 5.88 Å². The van der Waals surface area contributed by atoms with E-state index in [1.807, 2.05) is 44.2 Å². The molecule has 0 atom stereocenters. The molecule has 0 radical (unpaired) electrons. The van der Waals surface area contributed by atoms with Crippen LogP contribution in [-0.4, -0.2) is 14.5 Å². The van der Waals surface area contributed by atoms with Crippen LogP contribution in [0.2, 0.25) is 5.02 Å². The number of aromatic nitrogens is 2. The van der Waals surface area contributed by atoms with E-state index in [-0.39, 0.29) is 11.4 Å². The maximum Gasteiger partial charge on any atom is 0.278 e. The predicted octanol–water partition coefficient (Wildman–Crippen LogP) is 4.36. The molecule has 2 heterocycles. The first kappa shape index (κ1) is 16.0. The Balaban J connectivity index is 1.87. The van der Waals surface area contributed by atoms with Crippen molar-refractivity contribution in [1.29, 1.82) is 0 Å². The first-order valence-corrected chi connectivity index (χ1v) is 8.75. The summed E-state index contributed by atoms with van der Waals surface area (Å²) < 4.78 is 3.25. The summed E-state index contributed by atoms with van der Waals surface area (Å²) in [7, 11) is 0. The minimum atomic E-state index is -0.155. The molecule has 0 bridgehead atoms. The average molecular weight is 355 g/mol. The smallest absolute Gasteiger partial charge is 0.278 e. The highest BCUT2D eigenvalue weighted by molar-refractivity contribution is 6.33. The van der Waals surface area contributed by atoms with Gasteiger partial charge in [0.1, 0.15) is 5.56 Å². The highest BCUT2D eigenvalue weighted by Crippen LogP contribution is 2.37. The molecule has 1 aliphatic heterocycles. The number of aryl methyl sites for hydroxylation is 2. The number of halogens is 1. The molecule has 0 amide bonds. The predicted molar refractivity (Wildman–Crippen MR) is 100 cm³/mol. The first-order chi connectivity index (χ1) is 12.0. The van der Waals surface area contributed by atoms with Crippen LogP contribution in [0.25, 0.3) is 22.3 Å². The highest BCUT2D eigenvalue weighted by atomic mass is 35.5. The molecule has 0 fully saturated rings. The molecule has 1 aliphatic rings. The molecular formula is C20H19ClN2O2. The van der Waals surface area contributed by atoms with Crippen molar-refractivity contribution in [1.82, 2.24) is 9.36 Å². The second-order valence-corrected chi connectivity index (χ2v) is 7.02. The Hall–Kier alpha value is -2.46. The maximum atomic E-state index is 12.7. The molecule has 0 aliphatic carbocycles. The lowest BCUT2D eigenvalue weighted by Crippen LogP contribution is -2.17. The van der Waals surface area contributed by atoms with E-state index >= 15 is 0 Å². The van der Waals surface area contributed by atoms with Crippen molar-refractivity contribution in [3.8, 4) is 28.1 Å². The number of nitrogens with zero attached hydrogens (tertiary/aromatic N) is 2. The van der Waals surface area contributed by atoms with Gasteiger partial charge >= 0.3 is 0 Å². The Labute approximate surface area is 150 Å². The molecule has 2 aromatic carbocycles. The summed E-state index contributed by atoms with van der Waals surface area (Å²) in [5.41, 5.74) is 4.94. The summed E-state index contributed by atoms with van der Waals surface area (Å²) in [6, 6.07) is 11.9. The Morgan fingerprint density at radius 3 is 2.36 bits per heavy atom. The normalized spacial score (nSPS) is 13.2. The van der Waals surface area contributed by atoms with Crippen LogP contribution in [0.15, 0.2) is 41.2 Å². The van der Waals surface area contributed by atoms with Crippen molar-refractivity contribution < 1.29 is 5.11 Å². The van der Waals surface area contributed by atoms with Crippen LogP contribution in [0.1, 0.15) is 17.5 Å². The average Bonchev–Trinajstić information content (AvgIpc) is 3.15. The Morgan fingerprint density at radius 1 is 1.00 bits per heavy atom. The van der Waals surface area contributed by atoms with Gasteiger partial charge in [-0.3, -0.25) is 9.48 Å². The summed E-state index contributed by atoms with van der Waals surface area (Å²) in [5, 5.41) is 11.1. The van der Waals surface area contributed by atoms with Gasteiger partial charge in [0, 0.05) is 23.7 Å².